The summed E-state index contributed by atoms with van der Waals surface area (Å²) in [6, 6.07) is 10.5. The maximum Gasteiger partial charge on any atom is 0.161 e. The SMILES string of the molecule is CCOc1cc(CNC2CN3CCC2CC3)ccc1OCc1ccc(Cl)nc1. The fraction of sp³-hybridized carbons (Fsp3) is 0.500. The molecule has 0 spiro atoms. The Morgan fingerprint density at radius 1 is 1.11 bits per heavy atom. The molecule has 1 atom stereocenters. The van der Waals surface area contributed by atoms with Crippen molar-refractivity contribution in [3.63, 3.8) is 0 Å². The van der Waals surface area contributed by atoms with Gasteiger partial charge >= 0.3 is 0 Å². The molecule has 3 aliphatic rings. The molecule has 4 heterocycles. The van der Waals surface area contributed by atoms with E-state index in [0.717, 1.165) is 29.5 Å². The van der Waals surface area contributed by atoms with Crippen LogP contribution in [0.4, 0.5) is 0 Å². The Bertz CT molecular complexity index is 776. The highest BCUT2D eigenvalue weighted by Gasteiger charge is 2.33. The third-order valence-electron chi connectivity index (χ3n) is 5.72. The second-order valence-corrected chi connectivity index (χ2v) is 8.00. The number of rotatable bonds is 8. The summed E-state index contributed by atoms with van der Waals surface area (Å²) in [5, 5.41) is 4.25. The van der Waals surface area contributed by atoms with E-state index in [0.29, 0.717) is 24.4 Å². The van der Waals surface area contributed by atoms with Crippen molar-refractivity contribution in [1.29, 1.82) is 0 Å². The van der Waals surface area contributed by atoms with Crippen LogP contribution in [-0.4, -0.2) is 42.2 Å². The molecule has 1 unspecified atom stereocenters. The van der Waals surface area contributed by atoms with Crippen LogP contribution >= 0.6 is 11.6 Å². The predicted molar refractivity (Wildman–Crippen MR) is 111 cm³/mol. The van der Waals surface area contributed by atoms with Crippen LogP contribution in [0.15, 0.2) is 36.5 Å². The first-order chi connectivity index (χ1) is 13.7. The Hall–Kier alpha value is -1.82. The van der Waals surface area contributed by atoms with Crippen molar-refractivity contribution in [1.82, 2.24) is 15.2 Å². The summed E-state index contributed by atoms with van der Waals surface area (Å²) in [6.07, 6.45) is 4.39. The van der Waals surface area contributed by atoms with Gasteiger partial charge in [0.05, 0.1) is 6.61 Å². The molecule has 150 valence electrons. The molecule has 3 saturated heterocycles. The Morgan fingerprint density at radius 3 is 2.61 bits per heavy atom. The highest BCUT2D eigenvalue weighted by molar-refractivity contribution is 6.29. The molecule has 0 aliphatic carbocycles. The molecule has 28 heavy (non-hydrogen) atoms. The van der Waals surface area contributed by atoms with Crippen LogP contribution in [0.3, 0.4) is 0 Å². The topological polar surface area (TPSA) is 46.6 Å². The molecule has 5 nitrogen and oxygen atoms in total. The zero-order chi connectivity index (χ0) is 19.3. The molecule has 1 aromatic carbocycles. The summed E-state index contributed by atoms with van der Waals surface area (Å²) in [6.45, 7) is 7.61. The van der Waals surface area contributed by atoms with Gasteiger partial charge in [-0.05, 0) is 62.5 Å². The fourth-order valence-electron chi connectivity index (χ4n) is 4.15. The smallest absolute Gasteiger partial charge is 0.161 e. The molecule has 1 N–H and O–H groups in total. The third kappa shape index (κ3) is 4.77. The van der Waals surface area contributed by atoms with Crippen LogP contribution in [0.5, 0.6) is 11.5 Å². The van der Waals surface area contributed by atoms with E-state index in [4.69, 9.17) is 21.1 Å². The minimum absolute atomic E-state index is 0.432. The number of ether oxygens (including phenoxy) is 2. The predicted octanol–water partition coefficient (Wildman–Crippen LogP) is 3.90. The molecule has 0 amide bonds. The number of hydrogen-bond acceptors (Lipinski definition) is 5. The highest BCUT2D eigenvalue weighted by atomic mass is 35.5. The summed E-state index contributed by atoms with van der Waals surface area (Å²) in [5.41, 5.74) is 2.19. The first-order valence-corrected chi connectivity index (χ1v) is 10.5. The average Bonchev–Trinajstić information content (AvgIpc) is 2.74. The molecule has 6 heteroatoms. The van der Waals surface area contributed by atoms with Gasteiger partial charge < -0.3 is 19.7 Å². The fourth-order valence-corrected chi connectivity index (χ4v) is 4.26. The highest BCUT2D eigenvalue weighted by Crippen LogP contribution is 2.31. The van der Waals surface area contributed by atoms with Gasteiger partial charge in [0.1, 0.15) is 11.8 Å². The number of piperidine rings is 3. The van der Waals surface area contributed by atoms with Gasteiger partial charge in [0.2, 0.25) is 0 Å². The van der Waals surface area contributed by atoms with E-state index in [1.807, 2.05) is 19.1 Å². The lowest BCUT2D eigenvalue weighted by atomic mass is 9.84. The normalized spacial score (nSPS) is 23.6. The molecule has 0 radical (unpaired) electrons. The van der Waals surface area contributed by atoms with Gasteiger partial charge in [-0.15, -0.1) is 0 Å². The lowest BCUT2D eigenvalue weighted by molar-refractivity contribution is 0.0720. The minimum Gasteiger partial charge on any atom is -0.490 e. The number of fused-ring (bicyclic) bond motifs is 3. The number of aromatic nitrogens is 1. The Kier molecular flexibility index (Phi) is 6.35. The van der Waals surface area contributed by atoms with Crippen LogP contribution < -0.4 is 14.8 Å². The van der Waals surface area contributed by atoms with Crippen molar-refractivity contribution in [2.45, 2.75) is 39.0 Å². The first kappa shape index (κ1) is 19.5. The quantitative estimate of drug-likeness (QED) is 0.680. The largest absolute Gasteiger partial charge is 0.490 e. The van der Waals surface area contributed by atoms with Gasteiger partial charge in [-0.25, -0.2) is 4.98 Å². The molecule has 0 saturated carbocycles. The second-order valence-electron chi connectivity index (χ2n) is 7.62. The summed E-state index contributed by atoms with van der Waals surface area (Å²) in [7, 11) is 0. The van der Waals surface area contributed by atoms with Gasteiger partial charge in [0.15, 0.2) is 11.5 Å². The molecule has 3 fully saturated rings. The summed E-state index contributed by atoms with van der Waals surface area (Å²) < 4.78 is 11.8. The summed E-state index contributed by atoms with van der Waals surface area (Å²) in [5.74, 6) is 2.37. The van der Waals surface area contributed by atoms with E-state index >= 15 is 0 Å². The zero-order valence-corrected chi connectivity index (χ0v) is 17.1. The maximum absolute atomic E-state index is 5.97. The average molecular weight is 402 g/mol. The van der Waals surface area contributed by atoms with E-state index in [1.54, 1.807) is 12.3 Å². The molecule has 5 rings (SSSR count). The van der Waals surface area contributed by atoms with E-state index < -0.39 is 0 Å². The molecule has 1 aromatic heterocycles. The number of hydrogen-bond donors (Lipinski definition) is 1. The molecule has 2 aromatic rings. The van der Waals surface area contributed by atoms with E-state index in [1.165, 1.54) is 38.0 Å². The van der Waals surface area contributed by atoms with E-state index in [-0.39, 0.29) is 0 Å². The van der Waals surface area contributed by atoms with Gasteiger partial charge in [-0.3, -0.25) is 0 Å². The van der Waals surface area contributed by atoms with E-state index in [2.05, 4.69) is 27.3 Å². The van der Waals surface area contributed by atoms with Crippen molar-refractivity contribution in [2.75, 3.05) is 26.2 Å². The number of pyridine rings is 1. The molecular weight excluding hydrogens is 374 g/mol. The van der Waals surface area contributed by atoms with Crippen LogP contribution in [0, 0.1) is 5.92 Å². The van der Waals surface area contributed by atoms with Crippen molar-refractivity contribution >= 4 is 11.6 Å². The number of halogens is 1. The van der Waals surface area contributed by atoms with Gasteiger partial charge in [0, 0.05) is 30.9 Å². The van der Waals surface area contributed by atoms with Crippen LogP contribution in [0.2, 0.25) is 5.15 Å². The van der Waals surface area contributed by atoms with Gasteiger partial charge in [0.25, 0.3) is 0 Å². The Balaban J connectivity index is 1.37. The van der Waals surface area contributed by atoms with Crippen molar-refractivity contribution in [3.8, 4) is 11.5 Å². The van der Waals surface area contributed by atoms with Crippen molar-refractivity contribution in [3.05, 3.63) is 52.8 Å². The van der Waals surface area contributed by atoms with Gasteiger partial charge in [-0.2, -0.15) is 0 Å². The van der Waals surface area contributed by atoms with Crippen molar-refractivity contribution in [2.24, 2.45) is 5.92 Å². The summed E-state index contributed by atoms with van der Waals surface area (Å²) >= 11 is 5.84. The third-order valence-corrected chi connectivity index (χ3v) is 5.94. The van der Waals surface area contributed by atoms with Crippen molar-refractivity contribution < 1.29 is 9.47 Å². The zero-order valence-electron chi connectivity index (χ0n) is 16.4. The summed E-state index contributed by atoms with van der Waals surface area (Å²) in [4.78, 5) is 6.67. The number of nitrogens with zero attached hydrogens (tertiary/aromatic N) is 2. The second kappa shape index (κ2) is 9.12. The van der Waals surface area contributed by atoms with Crippen LogP contribution in [0.1, 0.15) is 30.9 Å². The van der Waals surface area contributed by atoms with Crippen LogP contribution in [-0.2, 0) is 13.2 Å². The monoisotopic (exact) mass is 401 g/mol. The van der Waals surface area contributed by atoms with E-state index in [9.17, 15) is 0 Å². The molecule has 3 aliphatic heterocycles. The minimum atomic E-state index is 0.432. The standard InChI is InChI=1S/C22H28ClN3O2/c1-2-27-21-11-16(12-24-19-14-26-9-7-18(19)8-10-26)3-5-20(21)28-15-17-4-6-22(23)25-13-17/h3-6,11,13,18-19,24H,2,7-10,12,14-15H2,1H3. The van der Waals surface area contributed by atoms with Crippen LogP contribution in [0.25, 0.3) is 0 Å². The van der Waals surface area contributed by atoms with Gasteiger partial charge in [-0.1, -0.05) is 23.7 Å². The maximum atomic E-state index is 5.97. The molecule has 2 bridgehead atoms. The Morgan fingerprint density at radius 2 is 1.93 bits per heavy atom. The molecular formula is C22H28ClN3O2. The Labute approximate surface area is 172 Å². The first-order valence-electron chi connectivity index (χ1n) is 10.2. The number of benzene rings is 1. The lowest BCUT2D eigenvalue weighted by Gasteiger charge is -2.45. The lowest BCUT2D eigenvalue weighted by Crippen LogP contribution is -2.55. The number of nitrogens with one attached hydrogen (secondary N) is 1.